The lowest BCUT2D eigenvalue weighted by atomic mass is 9.87. The molecule has 0 bridgehead atoms. The molecule has 1 saturated carbocycles. The molecule has 5 nitrogen and oxygen atoms in total. The smallest absolute Gasteiger partial charge is 0.195 e. The van der Waals surface area contributed by atoms with Gasteiger partial charge in [0.25, 0.3) is 0 Å². The van der Waals surface area contributed by atoms with Crippen molar-refractivity contribution in [3.8, 4) is 0 Å². The number of nitrogens with zero attached hydrogens (tertiary/aromatic N) is 3. The molecule has 0 radical (unpaired) electrons. The van der Waals surface area contributed by atoms with Crippen molar-refractivity contribution in [2.75, 3.05) is 12.4 Å². The van der Waals surface area contributed by atoms with E-state index in [1.165, 1.54) is 0 Å². The van der Waals surface area contributed by atoms with E-state index in [9.17, 15) is 5.11 Å². The van der Waals surface area contributed by atoms with Crippen LogP contribution in [0.3, 0.4) is 0 Å². The molecule has 1 aliphatic carbocycles. The zero-order chi connectivity index (χ0) is 14.0. The van der Waals surface area contributed by atoms with E-state index in [0.29, 0.717) is 5.92 Å². The number of fused-ring (bicyclic) bond motifs is 1. The largest absolute Gasteiger partial charge is 0.394 e. The average Bonchev–Trinajstić information content (AvgIpc) is 3.05. The molecular weight excluding hydrogens is 272 g/mol. The Bertz CT molecular complexity index is 587. The minimum Gasteiger partial charge on any atom is -0.394 e. The second-order valence-electron chi connectivity index (χ2n) is 5.53. The van der Waals surface area contributed by atoms with Gasteiger partial charge in [-0.15, -0.1) is 10.2 Å². The Hall–Kier alpha value is -1.11. The van der Waals surface area contributed by atoms with Gasteiger partial charge >= 0.3 is 0 Å². The van der Waals surface area contributed by atoms with Crippen LogP contribution in [0.15, 0.2) is 29.6 Å². The molecule has 2 aromatic heterocycles. The van der Waals surface area contributed by atoms with Gasteiger partial charge in [0, 0.05) is 17.5 Å². The van der Waals surface area contributed by atoms with Crippen LogP contribution >= 0.6 is 11.8 Å². The van der Waals surface area contributed by atoms with Crippen LogP contribution in [0.1, 0.15) is 25.7 Å². The van der Waals surface area contributed by atoms with Crippen LogP contribution in [0.5, 0.6) is 0 Å². The maximum Gasteiger partial charge on any atom is 0.195 e. The maximum atomic E-state index is 9.46. The van der Waals surface area contributed by atoms with E-state index in [4.69, 9.17) is 5.73 Å². The Morgan fingerprint density at radius 1 is 1.45 bits per heavy atom. The maximum absolute atomic E-state index is 9.46. The van der Waals surface area contributed by atoms with Gasteiger partial charge < -0.3 is 10.8 Å². The highest BCUT2D eigenvalue weighted by Crippen LogP contribution is 2.36. The lowest BCUT2D eigenvalue weighted by Gasteiger charge is -2.29. The highest BCUT2D eigenvalue weighted by Gasteiger charge is 2.38. The number of hydrogen-bond acceptors (Lipinski definition) is 5. The van der Waals surface area contributed by atoms with E-state index in [2.05, 4.69) is 10.2 Å². The fourth-order valence-electron chi connectivity index (χ4n) is 3.02. The molecule has 1 fully saturated rings. The van der Waals surface area contributed by atoms with Gasteiger partial charge in [-0.2, -0.15) is 0 Å². The quantitative estimate of drug-likeness (QED) is 0.820. The van der Waals surface area contributed by atoms with Crippen LogP contribution in [0, 0.1) is 5.92 Å². The lowest BCUT2D eigenvalue weighted by Crippen LogP contribution is -2.47. The molecule has 2 aromatic rings. The van der Waals surface area contributed by atoms with Crippen molar-refractivity contribution in [3.63, 3.8) is 0 Å². The molecule has 2 unspecified atom stereocenters. The van der Waals surface area contributed by atoms with E-state index in [1.807, 2.05) is 28.8 Å². The van der Waals surface area contributed by atoms with Crippen molar-refractivity contribution in [1.29, 1.82) is 0 Å². The first kappa shape index (κ1) is 13.9. The molecule has 3 N–H and O–H groups in total. The molecule has 0 saturated heterocycles. The van der Waals surface area contributed by atoms with Crippen molar-refractivity contribution in [1.82, 2.24) is 14.6 Å². The fraction of sp³-hybridized carbons (Fsp3) is 0.571. The first-order chi connectivity index (χ1) is 9.73. The molecule has 1 aliphatic rings. The zero-order valence-corrected chi connectivity index (χ0v) is 12.2. The second-order valence-corrected chi connectivity index (χ2v) is 6.59. The van der Waals surface area contributed by atoms with Crippen LogP contribution in [-0.4, -0.2) is 37.6 Å². The molecular formula is C14H20N4OS. The first-order valence-electron chi connectivity index (χ1n) is 7.05. The highest BCUT2D eigenvalue weighted by atomic mass is 32.2. The van der Waals surface area contributed by atoms with Gasteiger partial charge in [-0.05, 0) is 37.3 Å². The second kappa shape index (κ2) is 5.71. The molecule has 0 aliphatic heterocycles. The SMILES string of the molecule is NC1(CO)CCCC1CCSc1nnc2ccccn12. The van der Waals surface area contributed by atoms with Gasteiger partial charge in [-0.3, -0.25) is 4.40 Å². The Morgan fingerprint density at radius 2 is 2.35 bits per heavy atom. The molecule has 2 heterocycles. The van der Waals surface area contributed by atoms with Crippen molar-refractivity contribution < 1.29 is 5.11 Å². The number of aromatic nitrogens is 3. The van der Waals surface area contributed by atoms with E-state index in [-0.39, 0.29) is 12.1 Å². The van der Waals surface area contributed by atoms with Crippen molar-refractivity contribution >= 4 is 17.4 Å². The third-order valence-electron chi connectivity index (χ3n) is 4.28. The first-order valence-corrected chi connectivity index (χ1v) is 8.04. The summed E-state index contributed by atoms with van der Waals surface area (Å²) in [5, 5.41) is 18.7. The third-order valence-corrected chi connectivity index (χ3v) is 5.26. The number of rotatable bonds is 5. The summed E-state index contributed by atoms with van der Waals surface area (Å²) in [7, 11) is 0. The van der Waals surface area contributed by atoms with Gasteiger partial charge in [-0.25, -0.2) is 0 Å². The normalized spacial score (nSPS) is 26.4. The van der Waals surface area contributed by atoms with Gasteiger partial charge in [0.2, 0.25) is 0 Å². The summed E-state index contributed by atoms with van der Waals surface area (Å²) in [6.07, 6.45) is 6.18. The van der Waals surface area contributed by atoms with E-state index >= 15 is 0 Å². The average molecular weight is 292 g/mol. The minimum absolute atomic E-state index is 0.0934. The van der Waals surface area contributed by atoms with Gasteiger partial charge in [0.15, 0.2) is 10.8 Å². The standard InChI is InChI=1S/C14H20N4OS/c15-14(10-19)7-3-4-11(14)6-9-20-13-17-16-12-5-1-2-8-18(12)13/h1-2,5,8,11,19H,3-4,6-7,9-10,15H2. The van der Waals surface area contributed by atoms with E-state index in [1.54, 1.807) is 11.8 Å². The summed E-state index contributed by atoms with van der Waals surface area (Å²) in [5.74, 6) is 1.37. The van der Waals surface area contributed by atoms with Crippen molar-refractivity contribution in [3.05, 3.63) is 24.4 Å². The lowest BCUT2D eigenvalue weighted by molar-refractivity contribution is 0.158. The van der Waals surface area contributed by atoms with Crippen molar-refractivity contribution in [2.24, 2.45) is 11.7 Å². The number of thioether (sulfide) groups is 1. The zero-order valence-electron chi connectivity index (χ0n) is 11.4. The monoisotopic (exact) mass is 292 g/mol. The molecule has 0 spiro atoms. The van der Waals surface area contributed by atoms with Gasteiger partial charge in [0.05, 0.1) is 6.61 Å². The number of hydrogen-bond donors (Lipinski definition) is 2. The number of aliphatic hydroxyl groups is 1. The van der Waals surface area contributed by atoms with Crippen molar-refractivity contribution in [2.45, 2.75) is 36.4 Å². The van der Waals surface area contributed by atoms with Crippen LogP contribution < -0.4 is 5.73 Å². The molecule has 108 valence electrons. The molecule has 0 aromatic carbocycles. The van der Waals surface area contributed by atoms with E-state index in [0.717, 1.165) is 42.2 Å². The molecule has 2 atom stereocenters. The number of pyridine rings is 1. The van der Waals surface area contributed by atoms with Crippen LogP contribution in [0.25, 0.3) is 5.65 Å². The summed E-state index contributed by atoms with van der Waals surface area (Å²) in [6, 6.07) is 5.89. The molecule has 6 heteroatoms. The topological polar surface area (TPSA) is 76.4 Å². The third kappa shape index (κ3) is 2.55. The van der Waals surface area contributed by atoms with Gasteiger partial charge in [-0.1, -0.05) is 24.2 Å². The van der Waals surface area contributed by atoms with E-state index < -0.39 is 0 Å². The van der Waals surface area contributed by atoms with Crippen LogP contribution in [0.2, 0.25) is 0 Å². The molecule has 3 rings (SSSR count). The predicted molar refractivity (Wildman–Crippen MR) is 79.7 cm³/mol. The number of aliphatic hydroxyl groups excluding tert-OH is 1. The Balaban J connectivity index is 1.60. The van der Waals surface area contributed by atoms with Gasteiger partial charge in [0.1, 0.15) is 0 Å². The summed E-state index contributed by atoms with van der Waals surface area (Å²) >= 11 is 1.71. The summed E-state index contributed by atoms with van der Waals surface area (Å²) in [6.45, 7) is 0.0934. The Labute approximate surface area is 122 Å². The number of nitrogens with two attached hydrogens (primary N) is 1. The summed E-state index contributed by atoms with van der Waals surface area (Å²) < 4.78 is 2.00. The predicted octanol–water partition coefficient (Wildman–Crippen LogP) is 1.70. The van der Waals surface area contributed by atoms with Crippen LogP contribution in [0.4, 0.5) is 0 Å². The molecule has 0 amide bonds. The summed E-state index contributed by atoms with van der Waals surface area (Å²) in [5.41, 5.74) is 6.77. The molecule has 20 heavy (non-hydrogen) atoms. The highest BCUT2D eigenvalue weighted by molar-refractivity contribution is 7.99. The minimum atomic E-state index is -0.368. The fourth-order valence-corrected chi connectivity index (χ4v) is 4.00. The summed E-state index contributed by atoms with van der Waals surface area (Å²) in [4.78, 5) is 0. The van der Waals surface area contributed by atoms with Crippen LogP contribution in [-0.2, 0) is 0 Å². The Morgan fingerprint density at radius 3 is 3.20 bits per heavy atom. The Kier molecular flexibility index (Phi) is 3.96.